The summed E-state index contributed by atoms with van der Waals surface area (Å²) in [5.41, 5.74) is 0.760. The van der Waals surface area contributed by atoms with Crippen LogP contribution in [0.25, 0.3) is 0 Å². The number of halogens is 4. The van der Waals surface area contributed by atoms with E-state index in [0.29, 0.717) is 10.0 Å². The van der Waals surface area contributed by atoms with Crippen LogP contribution in [0.3, 0.4) is 0 Å². The summed E-state index contributed by atoms with van der Waals surface area (Å²) in [6.07, 6.45) is 0. The summed E-state index contributed by atoms with van der Waals surface area (Å²) in [7, 11) is 0. The number of aromatic carboxylic acids is 1. The van der Waals surface area contributed by atoms with Gasteiger partial charge in [-0.1, -0.05) is 22.0 Å². The molecule has 2 aromatic carbocycles. The Balaban J connectivity index is 2.19. The lowest BCUT2D eigenvalue weighted by Gasteiger charge is -2.11. The molecule has 0 heterocycles. The van der Waals surface area contributed by atoms with Crippen molar-refractivity contribution in [2.45, 2.75) is 6.61 Å². The van der Waals surface area contributed by atoms with Crippen LogP contribution in [0.1, 0.15) is 15.9 Å². The molecule has 0 spiro atoms. The van der Waals surface area contributed by atoms with Crippen LogP contribution in [0.5, 0.6) is 5.75 Å². The van der Waals surface area contributed by atoms with Crippen molar-refractivity contribution in [2.24, 2.45) is 0 Å². The largest absolute Gasteiger partial charge is 0.485 e. The highest BCUT2D eigenvalue weighted by Crippen LogP contribution is 2.30. The van der Waals surface area contributed by atoms with Gasteiger partial charge in [-0.25, -0.2) is 13.6 Å². The predicted octanol–water partition coefficient (Wildman–Crippen LogP) is 4.77. The van der Waals surface area contributed by atoms with E-state index in [1.165, 1.54) is 12.1 Å². The van der Waals surface area contributed by atoms with E-state index in [0.717, 1.165) is 12.1 Å². The highest BCUT2D eigenvalue weighted by atomic mass is 79.9. The highest BCUT2D eigenvalue weighted by Gasteiger charge is 2.13. The van der Waals surface area contributed by atoms with Crippen molar-refractivity contribution in [3.8, 4) is 5.75 Å². The Morgan fingerprint density at radius 2 is 1.86 bits per heavy atom. The Labute approximate surface area is 135 Å². The summed E-state index contributed by atoms with van der Waals surface area (Å²) in [4.78, 5) is 10.8. The fourth-order valence-corrected chi connectivity index (χ4v) is 2.63. The van der Waals surface area contributed by atoms with Crippen molar-refractivity contribution in [2.75, 3.05) is 0 Å². The molecule has 3 nitrogen and oxygen atoms in total. The fourth-order valence-electron chi connectivity index (χ4n) is 1.61. The summed E-state index contributed by atoms with van der Waals surface area (Å²) in [5, 5.41) is 8.86. The standard InChI is InChI=1S/C14H8Br2F2O3/c15-10-3-7(14(19)20)1-2-8(10)6-21-13-11(16)4-9(17)5-12(13)18/h1-5H,6H2,(H,19,20). The molecule has 0 aliphatic carbocycles. The van der Waals surface area contributed by atoms with Gasteiger partial charge in [0.2, 0.25) is 0 Å². The van der Waals surface area contributed by atoms with Crippen molar-refractivity contribution >= 4 is 37.8 Å². The number of benzene rings is 2. The van der Waals surface area contributed by atoms with Crippen LogP contribution in [-0.2, 0) is 6.61 Å². The molecule has 0 amide bonds. The van der Waals surface area contributed by atoms with Gasteiger partial charge in [0.1, 0.15) is 12.4 Å². The van der Waals surface area contributed by atoms with Crippen LogP contribution >= 0.6 is 31.9 Å². The second kappa shape index (κ2) is 6.53. The third kappa shape index (κ3) is 3.79. The average molecular weight is 422 g/mol. The number of ether oxygens (including phenoxy) is 1. The first-order valence-electron chi connectivity index (χ1n) is 5.67. The Kier molecular flexibility index (Phi) is 4.95. The molecule has 0 aliphatic rings. The molecule has 0 atom stereocenters. The third-order valence-corrected chi connectivity index (χ3v) is 3.96. The molecule has 7 heteroatoms. The van der Waals surface area contributed by atoms with Crippen LogP contribution in [0.4, 0.5) is 8.78 Å². The van der Waals surface area contributed by atoms with E-state index in [1.807, 2.05) is 0 Å². The monoisotopic (exact) mass is 420 g/mol. The zero-order chi connectivity index (χ0) is 15.6. The van der Waals surface area contributed by atoms with Crippen molar-refractivity contribution in [3.63, 3.8) is 0 Å². The molecule has 110 valence electrons. The first-order valence-corrected chi connectivity index (χ1v) is 7.26. The van der Waals surface area contributed by atoms with Gasteiger partial charge < -0.3 is 9.84 Å². The van der Waals surface area contributed by atoms with E-state index < -0.39 is 17.6 Å². The van der Waals surface area contributed by atoms with Gasteiger partial charge in [0.15, 0.2) is 11.6 Å². The Morgan fingerprint density at radius 3 is 2.43 bits per heavy atom. The molecular formula is C14H8Br2F2O3. The van der Waals surface area contributed by atoms with Crippen LogP contribution < -0.4 is 4.74 Å². The van der Waals surface area contributed by atoms with Gasteiger partial charge in [-0.05, 0) is 34.1 Å². The summed E-state index contributed by atoms with van der Waals surface area (Å²) < 4.78 is 32.6. The Morgan fingerprint density at radius 1 is 1.14 bits per heavy atom. The van der Waals surface area contributed by atoms with Gasteiger partial charge in [0, 0.05) is 16.1 Å². The summed E-state index contributed by atoms with van der Waals surface area (Å²) >= 11 is 6.26. The minimum absolute atomic E-state index is 0.00162. The van der Waals surface area contributed by atoms with Gasteiger partial charge in [-0.2, -0.15) is 0 Å². The van der Waals surface area contributed by atoms with E-state index in [4.69, 9.17) is 9.84 Å². The zero-order valence-electron chi connectivity index (χ0n) is 10.4. The van der Waals surface area contributed by atoms with E-state index in [-0.39, 0.29) is 22.4 Å². The molecule has 0 radical (unpaired) electrons. The summed E-state index contributed by atoms with van der Waals surface area (Å²) in [5.74, 6) is -2.68. The van der Waals surface area contributed by atoms with Crippen LogP contribution in [0, 0.1) is 11.6 Å². The van der Waals surface area contributed by atoms with Gasteiger partial charge in [0.05, 0.1) is 10.0 Å². The smallest absolute Gasteiger partial charge is 0.335 e. The van der Waals surface area contributed by atoms with E-state index in [1.54, 1.807) is 6.07 Å². The first-order chi connectivity index (χ1) is 9.88. The van der Waals surface area contributed by atoms with Gasteiger partial charge in [0.25, 0.3) is 0 Å². The number of hydrogen-bond donors (Lipinski definition) is 1. The second-order valence-electron chi connectivity index (χ2n) is 4.10. The Hall–Kier alpha value is -1.47. The maximum atomic E-state index is 13.6. The molecule has 0 unspecified atom stereocenters. The number of hydrogen-bond acceptors (Lipinski definition) is 2. The lowest BCUT2D eigenvalue weighted by atomic mass is 10.1. The van der Waals surface area contributed by atoms with Crippen molar-refractivity contribution in [3.05, 3.63) is 62.0 Å². The number of carboxylic acids is 1. The molecule has 0 bridgehead atoms. The maximum absolute atomic E-state index is 13.6. The predicted molar refractivity (Wildman–Crippen MR) is 79.5 cm³/mol. The topological polar surface area (TPSA) is 46.5 Å². The molecule has 21 heavy (non-hydrogen) atoms. The lowest BCUT2D eigenvalue weighted by Crippen LogP contribution is -2.02. The molecule has 1 N–H and O–H groups in total. The zero-order valence-corrected chi connectivity index (χ0v) is 13.5. The molecule has 0 saturated heterocycles. The maximum Gasteiger partial charge on any atom is 0.335 e. The Bertz CT molecular complexity index is 682. The highest BCUT2D eigenvalue weighted by molar-refractivity contribution is 9.10. The quantitative estimate of drug-likeness (QED) is 0.773. The van der Waals surface area contributed by atoms with Crippen LogP contribution in [0.15, 0.2) is 39.3 Å². The average Bonchev–Trinajstić information content (AvgIpc) is 2.38. The van der Waals surface area contributed by atoms with Crippen molar-refractivity contribution in [1.82, 2.24) is 0 Å². The minimum atomic E-state index is -1.05. The number of rotatable bonds is 4. The first kappa shape index (κ1) is 15.9. The van der Waals surface area contributed by atoms with Crippen molar-refractivity contribution < 1.29 is 23.4 Å². The van der Waals surface area contributed by atoms with Crippen LogP contribution in [0.2, 0.25) is 0 Å². The molecule has 0 aliphatic heterocycles. The van der Waals surface area contributed by atoms with Gasteiger partial charge in [-0.15, -0.1) is 0 Å². The third-order valence-electron chi connectivity index (χ3n) is 2.64. The van der Waals surface area contributed by atoms with E-state index >= 15 is 0 Å². The fraction of sp³-hybridized carbons (Fsp3) is 0.0714. The second-order valence-corrected chi connectivity index (χ2v) is 5.81. The molecule has 0 aromatic heterocycles. The molecular weight excluding hydrogens is 414 g/mol. The molecule has 0 saturated carbocycles. The molecule has 2 rings (SSSR count). The minimum Gasteiger partial charge on any atom is -0.485 e. The molecule has 0 fully saturated rings. The summed E-state index contributed by atoms with van der Waals surface area (Å²) in [6.45, 7) is 0.00162. The number of carbonyl (C=O) groups is 1. The van der Waals surface area contributed by atoms with Gasteiger partial charge in [-0.3, -0.25) is 0 Å². The summed E-state index contributed by atoms with van der Waals surface area (Å²) in [6, 6.07) is 6.23. The lowest BCUT2D eigenvalue weighted by molar-refractivity contribution is 0.0696. The van der Waals surface area contributed by atoms with Crippen molar-refractivity contribution in [1.29, 1.82) is 0 Å². The SMILES string of the molecule is O=C(O)c1ccc(COc2c(F)cc(F)cc2Br)c(Br)c1. The normalized spacial score (nSPS) is 10.5. The van der Waals surface area contributed by atoms with E-state index in [2.05, 4.69) is 31.9 Å². The number of carboxylic acid groups (broad SMARTS) is 1. The molecule has 2 aromatic rings. The van der Waals surface area contributed by atoms with Crippen LogP contribution in [-0.4, -0.2) is 11.1 Å². The van der Waals surface area contributed by atoms with Gasteiger partial charge >= 0.3 is 5.97 Å². The van der Waals surface area contributed by atoms with E-state index in [9.17, 15) is 13.6 Å².